The van der Waals surface area contributed by atoms with E-state index in [0.717, 1.165) is 12.0 Å². The molecule has 124 valence electrons. The first-order valence-corrected chi connectivity index (χ1v) is 7.86. The summed E-state index contributed by atoms with van der Waals surface area (Å²) in [5, 5.41) is 11.7. The summed E-state index contributed by atoms with van der Waals surface area (Å²) >= 11 is 0. The minimum atomic E-state index is -1.07. The number of anilines is 1. The Morgan fingerprint density at radius 2 is 1.75 bits per heavy atom. The second-order valence-electron chi connectivity index (χ2n) is 6.01. The van der Waals surface area contributed by atoms with Gasteiger partial charge in [0.15, 0.2) is 0 Å². The molecule has 0 fully saturated rings. The number of aromatic carboxylic acids is 1. The van der Waals surface area contributed by atoms with Crippen molar-refractivity contribution in [2.24, 2.45) is 5.92 Å². The Balaban J connectivity index is 2.02. The SMILES string of the molecule is CC(C)Cc1ccc(/C=C/C(=O)Nc2ccccc2C(=O)O)cc1. The van der Waals surface area contributed by atoms with Crippen LogP contribution < -0.4 is 5.32 Å². The number of carboxylic acid groups (broad SMARTS) is 1. The number of para-hydroxylation sites is 1. The predicted octanol–water partition coefficient (Wildman–Crippen LogP) is 4.24. The van der Waals surface area contributed by atoms with Crippen LogP contribution in [-0.2, 0) is 11.2 Å². The van der Waals surface area contributed by atoms with Gasteiger partial charge in [0, 0.05) is 6.08 Å². The number of carbonyl (C=O) groups excluding carboxylic acids is 1. The molecule has 0 atom stereocenters. The van der Waals surface area contributed by atoms with E-state index in [9.17, 15) is 9.59 Å². The van der Waals surface area contributed by atoms with Gasteiger partial charge < -0.3 is 10.4 Å². The van der Waals surface area contributed by atoms with Crippen LogP contribution in [0.3, 0.4) is 0 Å². The normalized spacial score (nSPS) is 11.0. The highest BCUT2D eigenvalue weighted by Gasteiger charge is 2.10. The molecule has 0 aliphatic rings. The number of rotatable bonds is 6. The first-order chi connectivity index (χ1) is 11.5. The smallest absolute Gasteiger partial charge is 0.337 e. The summed E-state index contributed by atoms with van der Waals surface area (Å²) in [4.78, 5) is 23.1. The van der Waals surface area contributed by atoms with Crippen molar-refractivity contribution < 1.29 is 14.7 Å². The molecule has 0 aliphatic heterocycles. The third kappa shape index (κ3) is 5.09. The van der Waals surface area contributed by atoms with E-state index in [1.165, 1.54) is 17.7 Å². The lowest BCUT2D eigenvalue weighted by Crippen LogP contribution is -2.11. The Hall–Kier alpha value is -2.88. The molecule has 24 heavy (non-hydrogen) atoms. The molecule has 0 aliphatic carbocycles. The number of carboxylic acids is 1. The zero-order valence-electron chi connectivity index (χ0n) is 13.8. The molecule has 0 spiro atoms. The molecule has 2 N–H and O–H groups in total. The van der Waals surface area contributed by atoms with Crippen LogP contribution in [0.2, 0.25) is 0 Å². The molecular formula is C20H21NO3. The number of benzene rings is 2. The van der Waals surface area contributed by atoms with E-state index in [4.69, 9.17) is 5.11 Å². The molecule has 2 rings (SSSR count). The summed E-state index contributed by atoms with van der Waals surface area (Å²) in [6.45, 7) is 4.35. The van der Waals surface area contributed by atoms with Crippen molar-refractivity contribution in [1.29, 1.82) is 0 Å². The van der Waals surface area contributed by atoms with Crippen molar-refractivity contribution in [3.05, 3.63) is 71.3 Å². The van der Waals surface area contributed by atoms with E-state index >= 15 is 0 Å². The van der Waals surface area contributed by atoms with Gasteiger partial charge >= 0.3 is 5.97 Å². The van der Waals surface area contributed by atoms with Crippen molar-refractivity contribution in [2.75, 3.05) is 5.32 Å². The molecule has 0 unspecified atom stereocenters. The van der Waals surface area contributed by atoms with Crippen molar-refractivity contribution >= 4 is 23.6 Å². The first kappa shape index (κ1) is 17.5. The maximum absolute atomic E-state index is 12.0. The van der Waals surface area contributed by atoms with Gasteiger partial charge in [0.2, 0.25) is 5.91 Å². The van der Waals surface area contributed by atoms with Crippen LogP contribution in [0.4, 0.5) is 5.69 Å². The molecule has 0 saturated carbocycles. The topological polar surface area (TPSA) is 66.4 Å². The van der Waals surface area contributed by atoms with Crippen LogP contribution in [0.5, 0.6) is 0 Å². The fourth-order valence-corrected chi connectivity index (χ4v) is 2.36. The molecule has 1 amide bonds. The van der Waals surface area contributed by atoms with Crippen molar-refractivity contribution in [3.8, 4) is 0 Å². The number of nitrogens with one attached hydrogen (secondary N) is 1. The summed E-state index contributed by atoms with van der Waals surface area (Å²) in [6, 6.07) is 14.4. The zero-order valence-corrected chi connectivity index (χ0v) is 13.8. The van der Waals surface area contributed by atoms with Gasteiger partial charge in [-0.25, -0.2) is 4.79 Å². The van der Waals surface area contributed by atoms with Crippen LogP contribution in [-0.4, -0.2) is 17.0 Å². The van der Waals surface area contributed by atoms with Gasteiger partial charge in [-0.2, -0.15) is 0 Å². The zero-order chi connectivity index (χ0) is 17.5. The lowest BCUT2D eigenvalue weighted by Gasteiger charge is -2.06. The lowest BCUT2D eigenvalue weighted by atomic mass is 10.0. The van der Waals surface area contributed by atoms with E-state index in [2.05, 4.69) is 31.3 Å². The van der Waals surface area contributed by atoms with E-state index in [0.29, 0.717) is 5.92 Å². The third-order valence-electron chi connectivity index (χ3n) is 3.47. The molecule has 0 heterocycles. The van der Waals surface area contributed by atoms with Crippen LogP contribution in [0, 0.1) is 5.92 Å². The summed E-state index contributed by atoms with van der Waals surface area (Å²) < 4.78 is 0. The van der Waals surface area contributed by atoms with Gasteiger partial charge in [0.25, 0.3) is 0 Å². The molecule has 4 nitrogen and oxygen atoms in total. The largest absolute Gasteiger partial charge is 0.478 e. The van der Waals surface area contributed by atoms with Crippen LogP contribution in [0.15, 0.2) is 54.6 Å². The highest BCUT2D eigenvalue weighted by molar-refractivity contribution is 6.06. The summed E-state index contributed by atoms with van der Waals surface area (Å²) in [5.41, 5.74) is 2.54. The van der Waals surface area contributed by atoms with E-state index in [1.54, 1.807) is 24.3 Å². The van der Waals surface area contributed by atoms with Crippen LogP contribution in [0.25, 0.3) is 6.08 Å². The van der Waals surface area contributed by atoms with Gasteiger partial charge in [0.1, 0.15) is 0 Å². The molecule has 0 bridgehead atoms. The average molecular weight is 323 g/mol. The summed E-state index contributed by atoms with van der Waals surface area (Å²) in [7, 11) is 0. The van der Waals surface area contributed by atoms with Crippen molar-refractivity contribution in [2.45, 2.75) is 20.3 Å². The lowest BCUT2D eigenvalue weighted by molar-refractivity contribution is -0.111. The number of hydrogen-bond donors (Lipinski definition) is 2. The molecular weight excluding hydrogens is 302 g/mol. The minimum Gasteiger partial charge on any atom is -0.478 e. The summed E-state index contributed by atoms with van der Waals surface area (Å²) in [5.74, 6) is -0.836. The fraction of sp³-hybridized carbons (Fsp3) is 0.200. The maximum atomic E-state index is 12.0. The molecule has 2 aromatic rings. The van der Waals surface area contributed by atoms with E-state index in [1.807, 2.05) is 12.1 Å². The van der Waals surface area contributed by atoms with Crippen molar-refractivity contribution in [3.63, 3.8) is 0 Å². The number of hydrogen-bond acceptors (Lipinski definition) is 2. The average Bonchev–Trinajstić information content (AvgIpc) is 2.54. The third-order valence-corrected chi connectivity index (χ3v) is 3.47. The fourth-order valence-electron chi connectivity index (χ4n) is 2.36. The molecule has 0 aromatic heterocycles. The standard InChI is InChI=1S/C20H21NO3/c1-14(2)13-16-9-7-15(8-10-16)11-12-19(22)21-18-6-4-3-5-17(18)20(23)24/h3-12,14H,13H2,1-2H3,(H,21,22)(H,23,24)/b12-11+. The molecule has 0 saturated heterocycles. The number of amides is 1. The van der Waals surface area contributed by atoms with Crippen LogP contribution in [0.1, 0.15) is 35.3 Å². The molecule has 0 radical (unpaired) electrons. The first-order valence-electron chi connectivity index (χ1n) is 7.86. The Morgan fingerprint density at radius 1 is 1.08 bits per heavy atom. The quantitative estimate of drug-likeness (QED) is 0.782. The van der Waals surface area contributed by atoms with E-state index in [-0.39, 0.29) is 17.2 Å². The monoisotopic (exact) mass is 323 g/mol. The Bertz CT molecular complexity index is 746. The Morgan fingerprint density at radius 3 is 2.38 bits per heavy atom. The van der Waals surface area contributed by atoms with Gasteiger partial charge in [-0.05, 0) is 41.7 Å². The van der Waals surface area contributed by atoms with Gasteiger partial charge in [-0.15, -0.1) is 0 Å². The second-order valence-corrected chi connectivity index (χ2v) is 6.01. The molecule has 2 aromatic carbocycles. The summed E-state index contributed by atoms with van der Waals surface area (Å²) in [6.07, 6.45) is 4.13. The van der Waals surface area contributed by atoms with Gasteiger partial charge in [-0.3, -0.25) is 4.79 Å². The Labute approximate surface area is 141 Å². The second kappa shape index (κ2) is 8.11. The van der Waals surface area contributed by atoms with Gasteiger partial charge in [0.05, 0.1) is 11.3 Å². The minimum absolute atomic E-state index is 0.0669. The van der Waals surface area contributed by atoms with Crippen molar-refractivity contribution in [1.82, 2.24) is 0 Å². The highest BCUT2D eigenvalue weighted by atomic mass is 16.4. The molecule has 4 heteroatoms. The highest BCUT2D eigenvalue weighted by Crippen LogP contribution is 2.15. The Kier molecular flexibility index (Phi) is 5.90. The number of carbonyl (C=O) groups is 2. The van der Waals surface area contributed by atoms with Crippen LogP contribution >= 0.6 is 0 Å². The van der Waals surface area contributed by atoms with E-state index < -0.39 is 5.97 Å². The maximum Gasteiger partial charge on any atom is 0.337 e. The van der Waals surface area contributed by atoms with Gasteiger partial charge in [-0.1, -0.05) is 50.2 Å². The predicted molar refractivity (Wildman–Crippen MR) is 96.0 cm³/mol.